The molecule has 2 rings (SSSR count). The van der Waals surface area contributed by atoms with Gasteiger partial charge in [0.25, 0.3) is 0 Å². The van der Waals surface area contributed by atoms with Crippen LogP contribution in [-0.4, -0.2) is 36.5 Å². The van der Waals surface area contributed by atoms with Crippen LogP contribution in [0.1, 0.15) is 18.2 Å². The predicted octanol–water partition coefficient (Wildman–Crippen LogP) is 0.513. The van der Waals surface area contributed by atoms with Crippen molar-refractivity contribution in [3.8, 4) is 0 Å². The summed E-state index contributed by atoms with van der Waals surface area (Å²) in [6.07, 6.45) is 0. The highest BCUT2D eigenvalue weighted by molar-refractivity contribution is 7.99. The Hall–Kier alpha value is -1.41. The van der Waals surface area contributed by atoms with Crippen molar-refractivity contribution in [1.29, 1.82) is 0 Å². The van der Waals surface area contributed by atoms with E-state index in [2.05, 4.69) is 32.9 Å². The monoisotopic (exact) mass is 267 g/mol. The highest BCUT2D eigenvalue weighted by Crippen LogP contribution is 2.29. The number of rotatable bonds is 5. The maximum absolute atomic E-state index is 4.45. The normalized spacial score (nSPS) is 11.1. The zero-order valence-corrected chi connectivity index (χ0v) is 11.8. The lowest BCUT2D eigenvalue weighted by atomic mass is 10.2. The smallest absolute Gasteiger partial charge is 0.215 e. The van der Waals surface area contributed by atoms with Gasteiger partial charge in [0.05, 0.1) is 5.69 Å². The molecule has 0 saturated heterocycles. The molecule has 0 aliphatic rings. The Morgan fingerprint density at radius 2 is 2.06 bits per heavy atom. The zero-order chi connectivity index (χ0) is 13.1. The fourth-order valence-corrected chi connectivity index (χ4v) is 2.59. The van der Waals surface area contributed by atoms with Gasteiger partial charge < -0.3 is 5.32 Å². The van der Waals surface area contributed by atoms with E-state index < -0.39 is 0 Å². The molecule has 0 aromatic carbocycles. The second-order valence-electron chi connectivity index (χ2n) is 3.96. The molecule has 2 aromatic rings. The second kappa shape index (κ2) is 5.49. The van der Waals surface area contributed by atoms with Gasteiger partial charge in [0.15, 0.2) is 0 Å². The summed E-state index contributed by atoms with van der Waals surface area (Å²) >= 11 is 1.53. The van der Waals surface area contributed by atoms with Gasteiger partial charge in [0.2, 0.25) is 5.16 Å². The van der Waals surface area contributed by atoms with E-state index in [-0.39, 0.29) is 0 Å². The average molecular weight is 267 g/mol. The fourth-order valence-electron chi connectivity index (χ4n) is 1.66. The molecule has 98 valence electrons. The summed E-state index contributed by atoms with van der Waals surface area (Å²) in [5.41, 5.74) is 2.24. The average Bonchev–Trinajstić information content (AvgIpc) is 2.84. The summed E-state index contributed by atoms with van der Waals surface area (Å²) < 4.78 is 3.53. The molecule has 0 aliphatic carbocycles. The molecule has 0 spiro atoms. The topological polar surface area (TPSA) is 73.5 Å². The van der Waals surface area contributed by atoms with Crippen molar-refractivity contribution in [3.63, 3.8) is 0 Å². The van der Waals surface area contributed by atoms with Crippen LogP contribution in [0, 0.1) is 6.92 Å². The lowest BCUT2D eigenvalue weighted by Crippen LogP contribution is -2.13. The van der Waals surface area contributed by atoms with Crippen LogP contribution in [0.2, 0.25) is 0 Å². The highest BCUT2D eigenvalue weighted by atomic mass is 32.2. The molecule has 2 aromatic heterocycles. The molecular weight excluding hydrogens is 250 g/mol. The third-order valence-electron chi connectivity index (χ3n) is 2.61. The van der Waals surface area contributed by atoms with Gasteiger partial charge in [-0.1, -0.05) is 6.92 Å². The Kier molecular flexibility index (Phi) is 3.97. The first-order valence-corrected chi connectivity index (χ1v) is 6.58. The van der Waals surface area contributed by atoms with E-state index in [0.717, 1.165) is 29.0 Å². The van der Waals surface area contributed by atoms with Gasteiger partial charge in [-0.05, 0) is 35.7 Å². The van der Waals surface area contributed by atoms with Crippen molar-refractivity contribution in [3.05, 3.63) is 11.3 Å². The second-order valence-corrected chi connectivity index (χ2v) is 4.92. The molecule has 0 aliphatic heterocycles. The number of hydrogen-bond acceptors (Lipinski definition) is 6. The van der Waals surface area contributed by atoms with Crippen LogP contribution in [0.5, 0.6) is 0 Å². The van der Waals surface area contributed by atoms with Crippen LogP contribution in [0.15, 0.2) is 10.2 Å². The zero-order valence-electron chi connectivity index (χ0n) is 11.0. The van der Waals surface area contributed by atoms with Gasteiger partial charge in [0, 0.05) is 26.2 Å². The summed E-state index contributed by atoms with van der Waals surface area (Å²) in [4.78, 5) is 0. The molecule has 0 saturated carbocycles. The quantitative estimate of drug-likeness (QED) is 0.851. The molecule has 0 bridgehead atoms. The Balaban J connectivity index is 2.28. The molecular formula is C10H17N7S. The van der Waals surface area contributed by atoms with E-state index in [1.54, 1.807) is 4.68 Å². The Bertz CT molecular complexity index is 530. The van der Waals surface area contributed by atoms with E-state index in [4.69, 9.17) is 0 Å². The third-order valence-corrected chi connectivity index (χ3v) is 3.84. The molecule has 0 amide bonds. The fraction of sp³-hybridized carbons (Fsp3) is 0.600. The van der Waals surface area contributed by atoms with Crippen LogP contribution in [0.4, 0.5) is 0 Å². The van der Waals surface area contributed by atoms with Gasteiger partial charge in [0.1, 0.15) is 5.03 Å². The number of aromatic nitrogens is 6. The van der Waals surface area contributed by atoms with Crippen LogP contribution in [-0.2, 0) is 20.6 Å². The van der Waals surface area contributed by atoms with E-state index in [0.29, 0.717) is 0 Å². The molecule has 0 atom stereocenters. The SMILES string of the molecule is CCNCc1c(C)nn(C)c1Sc1nnnn1C. The van der Waals surface area contributed by atoms with Crippen molar-refractivity contribution in [2.45, 2.75) is 30.6 Å². The van der Waals surface area contributed by atoms with Crippen LogP contribution in [0.3, 0.4) is 0 Å². The van der Waals surface area contributed by atoms with E-state index >= 15 is 0 Å². The van der Waals surface area contributed by atoms with Gasteiger partial charge in [-0.3, -0.25) is 4.68 Å². The summed E-state index contributed by atoms with van der Waals surface area (Å²) in [5, 5.41) is 21.1. The first kappa shape index (κ1) is 13.0. The van der Waals surface area contributed by atoms with Crippen LogP contribution < -0.4 is 5.32 Å². The van der Waals surface area contributed by atoms with Crippen molar-refractivity contribution < 1.29 is 0 Å². The lowest BCUT2D eigenvalue weighted by Gasteiger charge is -2.05. The molecule has 0 fully saturated rings. The highest BCUT2D eigenvalue weighted by Gasteiger charge is 2.16. The van der Waals surface area contributed by atoms with E-state index in [9.17, 15) is 0 Å². The van der Waals surface area contributed by atoms with Crippen molar-refractivity contribution in [2.24, 2.45) is 14.1 Å². The maximum Gasteiger partial charge on any atom is 0.215 e. The minimum atomic E-state index is 0.760. The Labute approximate surface area is 110 Å². The lowest BCUT2D eigenvalue weighted by molar-refractivity contribution is 0.653. The first-order valence-electron chi connectivity index (χ1n) is 5.76. The summed E-state index contributed by atoms with van der Waals surface area (Å²) in [6.45, 7) is 5.85. The van der Waals surface area contributed by atoms with E-state index in [1.165, 1.54) is 17.3 Å². The summed E-state index contributed by atoms with van der Waals surface area (Å²) in [5.74, 6) is 0. The number of hydrogen-bond donors (Lipinski definition) is 1. The minimum Gasteiger partial charge on any atom is -0.313 e. The molecule has 18 heavy (non-hydrogen) atoms. The molecule has 7 nitrogen and oxygen atoms in total. The van der Waals surface area contributed by atoms with Crippen molar-refractivity contribution in [1.82, 2.24) is 35.3 Å². The standard InChI is InChI=1S/C10H17N7S/c1-5-11-6-8-7(2)13-16(3)9(8)18-10-12-14-15-17(10)4/h11H,5-6H2,1-4H3. The summed E-state index contributed by atoms with van der Waals surface area (Å²) in [7, 11) is 3.77. The molecule has 8 heteroatoms. The molecule has 2 heterocycles. The van der Waals surface area contributed by atoms with Gasteiger partial charge in [-0.25, -0.2) is 4.68 Å². The molecule has 0 radical (unpaired) electrons. The number of nitrogens with zero attached hydrogens (tertiary/aromatic N) is 6. The van der Waals surface area contributed by atoms with Crippen LogP contribution >= 0.6 is 11.8 Å². The largest absolute Gasteiger partial charge is 0.313 e. The predicted molar refractivity (Wildman–Crippen MR) is 68.2 cm³/mol. The Morgan fingerprint density at radius 1 is 1.28 bits per heavy atom. The Morgan fingerprint density at radius 3 is 2.67 bits per heavy atom. The molecule has 1 N–H and O–H groups in total. The van der Waals surface area contributed by atoms with Crippen LogP contribution in [0.25, 0.3) is 0 Å². The maximum atomic E-state index is 4.45. The summed E-state index contributed by atoms with van der Waals surface area (Å²) in [6, 6.07) is 0. The van der Waals surface area contributed by atoms with Crippen molar-refractivity contribution in [2.75, 3.05) is 6.54 Å². The minimum absolute atomic E-state index is 0.760. The number of nitrogens with one attached hydrogen (secondary N) is 1. The van der Waals surface area contributed by atoms with E-state index in [1.807, 2.05) is 25.7 Å². The number of tetrazole rings is 1. The van der Waals surface area contributed by atoms with Gasteiger partial charge in [-0.15, -0.1) is 5.10 Å². The van der Waals surface area contributed by atoms with Crippen molar-refractivity contribution >= 4 is 11.8 Å². The van der Waals surface area contributed by atoms with Gasteiger partial charge >= 0.3 is 0 Å². The molecule has 0 unspecified atom stereocenters. The first-order chi connectivity index (χ1) is 8.63. The number of aryl methyl sites for hydroxylation is 3. The third kappa shape index (κ3) is 2.54. The van der Waals surface area contributed by atoms with Gasteiger partial charge in [-0.2, -0.15) is 5.10 Å².